The van der Waals surface area contributed by atoms with Crippen LogP contribution in [0.4, 0.5) is 4.39 Å². The number of carbonyl (C=O) groups excluding carboxylic acids is 1. The highest BCUT2D eigenvalue weighted by Crippen LogP contribution is 2.54. The number of rotatable bonds is 4. The molecule has 2 aliphatic carbocycles. The molecule has 4 nitrogen and oxygen atoms in total. The van der Waals surface area contributed by atoms with Gasteiger partial charge in [-0.25, -0.2) is 4.39 Å². The molecule has 32 heavy (non-hydrogen) atoms. The number of benzene rings is 1. The maximum atomic E-state index is 13.5. The van der Waals surface area contributed by atoms with E-state index in [9.17, 15) is 9.18 Å². The number of hydrogen-bond acceptors (Lipinski definition) is 4. The third-order valence-corrected chi connectivity index (χ3v) is 8.02. The van der Waals surface area contributed by atoms with Gasteiger partial charge >= 0.3 is 5.97 Å². The number of fused-ring (bicyclic) bond motifs is 2. The summed E-state index contributed by atoms with van der Waals surface area (Å²) in [6, 6.07) is 10.5. The SMILES string of the molecule is CC1OC(=O)C2CC3C[C@H](CN)CCC3C(/C=C/c3ccc(-c4cccc(F)c4)cn3)C12. The molecule has 0 amide bonds. The highest BCUT2D eigenvalue weighted by molar-refractivity contribution is 5.75. The first-order valence-corrected chi connectivity index (χ1v) is 11.8. The second kappa shape index (κ2) is 8.78. The molecule has 6 unspecified atom stereocenters. The normalized spacial score (nSPS) is 34.2. The number of hydrogen-bond donors (Lipinski definition) is 1. The van der Waals surface area contributed by atoms with Gasteiger partial charge in [0.05, 0.1) is 11.6 Å². The lowest BCUT2D eigenvalue weighted by Gasteiger charge is -2.47. The summed E-state index contributed by atoms with van der Waals surface area (Å²) in [5, 5.41) is 0. The Labute approximate surface area is 189 Å². The molecule has 3 fully saturated rings. The van der Waals surface area contributed by atoms with Gasteiger partial charge in [0.2, 0.25) is 0 Å². The number of carbonyl (C=O) groups is 1. The minimum atomic E-state index is -0.250. The number of ether oxygens (including phenoxy) is 1. The van der Waals surface area contributed by atoms with Crippen molar-refractivity contribution < 1.29 is 13.9 Å². The van der Waals surface area contributed by atoms with Crippen LogP contribution in [0.5, 0.6) is 0 Å². The molecule has 0 radical (unpaired) electrons. The molecule has 0 bridgehead atoms. The maximum Gasteiger partial charge on any atom is 0.309 e. The number of aromatic nitrogens is 1. The molecule has 1 aromatic carbocycles. The van der Waals surface area contributed by atoms with Crippen molar-refractivity contribution in [1.29, 1.82) is 0 Å². The lowest BCUT2D eigenvalue weighted by atomic mass is 9.56. The summed E-state index contributed by atoms with van der Waals surface area (Å²) in [5.41, 5.74) is 8.56. The Morgan fingerprint density at radius 3 is 2.81 bits per heavy atom. The first kappa shape index (κ1) is 21.3. The van der Waals surface area contributed by atoms with Crippen LogP contribution in [0.2, 0.25) is 0 Å². The van der Waals surface area contributed by atoms with E-state index in [0.717, 1.165) is 42.6 Å². The van der Waals surface area contributed by atoms with Crippen molar-refractivity contribution >= 4 is 12.0 Å². The molecule has 2 aromatic rings. The number of pyridine rings is 1. The summed E-state index contributed by atoms with van der Waals surface area (Å²) in [4.78, 5) is 17.1. The predicted molar refractivity (Wildman–Crippen MR) is 123 cm³/mol. The first-order chi connectivity index (χ1) is 15.5. The Morgan fingerprint density at radius 2 is 2.06 bits per heavy atom. The monoisotopic (exact) mass is 434 g/mol. The molecular formula is C27H31FN2O2. The minimum absolute atomic E-state index is 0.000682. The van der Waals surface area contributed by atoms with Gasteiger partial charge in [0.1, 0.15) is 11.9 Å². The predicted octanol–water partition coefficient (Wildman–Crippen LogP) is 5.09. The first-order valence-electron chi connectivity index (χ1n) is 11.8. The van der Waals surface area contributed by atoms with Gasteiger partial charge in [0.15, 0.2) is 0 Å². The summed E-state index contributed by atoms with van der Waals surface area (Å²) < 4.78 is 19.2. The van der Waals surface area contributed by atoms with E-state index < -0.39 is 0 Å². The second-order valence-corrected chi connectivity index (χ2v) is 9.82. The molecule has 7 atom stereocenters. The van der Waals surface area contributed by atoms with Crippen LogP contribution in [0.1, 0.15) is 38.3 Å². The van der Waals surface area contributed by atoms with Gasteiger partial charge in [0, 0.05) is 17.7 Å². The van der Waals surface area contributed by atoms with Crippen LogP contribution >= 0.6 is 0 Å². The van der Waals surface area contributed by atoms with Gasteiger partial charge in [-0.2, -0.15) is 0 Å². The van der Waals surface area contributed by atoms with E-state index in [1.165, 1.54) is 18.6 Å². The quantitative estimate of drug-likeness (QED) is 0.681. The van der Waals surface area contributed by atoms with Crippen LogP contribution in [-0.4, -0.2) is 23.6 Å². The molecule has 2 saturated carbocycles. The van der Waals surface area contributed by atoms with E-state index in [4.69, 9.17) is 10.5 Å². The van der Waals surface area contributed by atoms with E-state index >= 15 is 0 Å². The number of allylic oxidation sites excluding steroid dienone is 1. The molecule has 5 rings (SSSR count). The number of cyclic esters (lactones) is 1. The lowest BCUT2D eigenvalue weighted by molar-refractivity contribution is -0.144. The Balaban J connectivity index is 1.38. The molecule has 5 heteroatoms. The van der Waals surface area contributed by atoms with Gasteiger partial charge in [-0.3, -0.25) is 9.78 Å². The minimum Gasteiger partial charge on any atom is -0.462 e. The third kappa shape index (κ3) is 3.99. The van der Waals surface area contributed by atoms with Crippen molar-refractivity contribution in [2.45, 2.75) is 38.7 Å². The summed E-state index contributed by atoms with van der Waals surface area (Å²) >= 11 is 0. The fourth-order valence-corrected chi connectivity index (χ4v) is 6.48. The number of halogens is 1. The fraction of sp³-hybridized carbons (Fsp3) is 0.481. The van der Waals surface area contributed by atoms with Crippen molar-refractivity contribution in [3.8, 4) is 11.1 Å². The molecule has 168 valence electrons. The zero-order valence-corrected chi connectivity index (χ0v) is 18.5. The summed E-state index contributed by atoms with van der Waals surface area (Å²) in [5.74, 6) is 1.95. The number of esters is 1. The average Bonchev–Trinajstić information content (AvgIpc) is 3.09. The topological polar surface area (TPSA) is 65.2 Å². The van der Waals surface area contributed by atoms with Crippen molar-refractivity contribution in [1.82, 2.24) is 4.98 Å². The van der Waals surface area contributed by atoms with Gasteiger partial charge in [-0.1, -0.05) is 24.3 Å². The third-order valence-electron chi connectivity index (χ3n) is 8.02. The van der Waals surface area contributed by atoms with Gasteiger partial charge in [0.25, 0.3) is 0 Å². The van der Waals surface area contributed by atoms with Crippen molar-refractivity contribution in [3.05, 3.63) is 60.2 Å². The largest absolute Gasteiger partial charge is 0.462 e. The lowest BCUT2D eigenvalue weighted by Crippen LogP contribution is -2.44. The maximum absolute atomic E-state index is 13.5. The average molecular weight is 435 g/mol. The highest BCUT2D eigenvalue weighted by Gasteiger charge is 2.54. The molecule has 0 spiro atoms. The van der Waals surface area contributed by atoms with Crippen LogP contribution in [0.15, 0.2) is 48.7 Å². The highest BCUT2D eigenvalue weighted by atomic mass is 19.1. The van der Waals surface area contributed by atoms with Crippen LogP contribution in [0.25, 0.3) is 17.2 Å². The van der Waals surface area contributed by atoms with E-state index in [1.54, 1.807) is 12.3 Å². The summed E-state index contributed by atoms with van der Waals surface area (Å²) in [6.45, 7) is 2.78. The van der Waals surface area contributed by atoms with Crippen molar-refractivity contribution in [2.24, 2.45) is 41.2 Å². The van der Waals surface area contributed by atoms with E-state index in [2.05, 4.69) is 17.1 Å². The van der Waals surface area contributed by atoms with E-state index in [-0.39, 0.29) is 29.7 Å². The smallest absolute Gasteiger partial charge is 0.309 e. The Hall–Kier alpha value is -2.53. The molecule has 3 aliphatic rings. The summed E-state index contributed by atoms with van der Waals surface area (Å²) in [7, 11) is 0. The summed E-state index contributed by atoms with van der Waals surface area (Å²) in [6.07, 6.45) is 10.5. The van der Waals surface area contributed by atoms with Crippen molar-refractivity contribution in [2.75, 3.05) is 6.54 Å². The van der Waals surface area contributed by atoms with Crippen LogP contribution < -0.4 is 5.73 Å². The Kier molecular flexibility index (Phi) is 5.85. The Bertz CT molecular complexity index is 1000. The van der Waals surface area contributed by atoms with E-state index in [1.807, 2.05) is 25.1 Å². The van der Waals surface area contributed by atoms with Gasteiger partial charge < -0.3 is 10.5 Å². The zero-order valence-electron chi connectivity index (χ0n) is 18.5. The molecule has 1 aliphatic heterocycles. The standard InChI is InChI=1S/C27H31FN2O2/c1-16-26-24(23-9-5-17(14-29)11-20(23)13-25(26)27(31)32-16)10-8-22-7-6-19(15-30-22)18-3-2-4-21(28)12-18/h2-4,6-8,10,12,15-17,20,23-26H,5,9,11,13-14,29H2,1H3/b10-8+/t16?,17-,20?,23?,24?,25?,26?/m1/s1. The van der Waals surface area contributed by atoms with E-state index in [0.29, 0.717) is 23.7 Å². The van der Waals surface area contributed by atoms with Gasteiger partial charge in [-0.15, -0.1) is 0 Å². The molecule has 2 heterocycles. The van der Waals surface area contributed by atoms with Gasteiger partial charge in [-0.05, 0) is 92.7 Å². The Morgan fingerprint density at radius 1 is 1.19 bits per heavy atom. The molecule has 1 saturated heterocycles. The van der Waals surface area contributed by atoms with Crippen LogP contribution in [-0.2, 0) is 9.53 Å². The van der Waals surface area contributed by atoms with Crippen molar-refractivity contribution in [3.63, 3.8) is 0 Å². The second-order valence-electron chi connectivity index (χ2n) is 9.82. The number of nitrogens with zero attached hydrogens (tertiary/aromatic N) is 1. The fourth-order valence-electron chi connectivity index (χ4n) is 6.48. The number of nitrogens with two attached hydrogens (primary N) is 1. The zero-order chi connectivity index (χ0) is 22.2. The molecule has 2 N–H and O–H groups in total. The van der Waals surface area contributed by atoms with Crippen LogP contribution in [0, 0.1) is 41.3 Å². The molecule has 1 aromatic heterocycles. The molecular weight excluding hydrogens is 403 g/mol. The van der Waals surface area contributed by atoms with Crippen LogP contribution in [0.3, 0.4) is 0 Å².